The molecule has 0 N–H and O–H groups in total. The summed E-state index contributed by atoms with van der Waals surface area (Å²) in [6, 6.07) is 1.21. The predicted molar refractivity (Wildman–Crippen MR) is 68.7 cm³/mol. The van der Waals surface area contributed by atoms with E-state index in [2.05, 4.69) is 44.2 Å². The Morgan fingerprint density at radius 3 is 2.53 bits per heavy atom. The Hall–Kier alpha value is -0.193. The Kier molecular flexibility index (Phi) is 4.49. The third kappa shape index (κ3) is 4.45. The lowest BCUT2D eigenvalue weighted by molar-refractivity contribution is 0.209. The van der Waals surface area contributed by atoms with Crippen LogP contribution in [0.5, 0.6) is 0 Å². The Morgan fingerprint density at radius 1 is 1.40 bits per heavy atom. The number of aromatic nitrogens is 1. The van der Waals surface area contributed by atoms with Crippen LogP contribution in [0.15, 0.2) is 10.9 Å². The third-order valence-corrected chi connectivity index (χ3v) is 5.66. The fourth-order valence-corrected chi connectivity index (χ4v) is 5.77. The van der Waals surface area contributed by atoms with Crippen LogP contribution in [0.4, 0.5) is 0 Å². The van der Waals surface area contributed by atoms with Crippen molar-refractivity contribution in [3.8, 4) is 0 Å². The Morgan fingerprint density at radius 2 is 2.07 bits per heavy atom. The average molecular weight is 243 g/mol. The first-order valence-corrected chi connectivity index (χ1v) is 9.52. The maximum absolute atomic E-state index is 6.18. The first kappa shape index (κ1) is 12.9. The first-order valence-electron chi connectivity index (χ1n) is 5.46. The van der Waals surface area contributed by atoms with E-state index in [9.17, 15) is 0 Å². The second kappa shape index (κ2) is 5.23. The van der Waals surface area contributed by atoms with Gasteiger partial charge in [0.15, 0.2) is 8.32 Å². The molecule has 0 saturated carbocycles. The average Bonchev–Trinajstić information content (AvgIpc) is 2.50. The smallest absolute Gasteiger partial charge is 0.187 e. The molecule has 2 nitrogen and oxygen atoms in total. The lowest BCUT2D eigenvalue weighted by atomic mass is 10.3. The van der Waals surface area contributed by atoms with E-state index in [1.54, 1.807) is 11.3 Å². The van der Waals surface area contributed by atoms with Gasteiger partial charge in [-0.3, -0.25) is 0 Å². The molecule has 15 heavy (non-hydrogen) atoms. The number of rotatable bonds is 5. The van der Waals surface area contributed by atoms with Gasteiger partial charge in [-0.15, -0.1) is 11.3 Å². The van der Waals surface area contributed by atoms with Crippen molar-refractivity contribution < 1.29 is 4.43 Å². The molecule has 0 aliphatic carbocycles. The first-order chi connectivity index (χ1) is 6.91. The maximum Gasteiger partial charge on any atom is 0.187 e. The van der Waals surface area contributed by atoms with Crippen molar-refractivity contribution in [2.24, 2.45) is 5.92 Å². The number of nitrogens with zero attached hydrogens (tertiary/aromatic N) is 1. The van der Waals surface area contributed by atoms with Crippen LogP contribution < -0.4 is 0 Å². The van der Waals surface area contributed by atoms with Gasteiger partial charge in [0, 0.05) is 5.38 Å². The van der Waals surface area contributed by atoms with Crippen LogP contribution in [0, 0.1) is 5.92 Å². The number of thiazole rings is 1. The lowest BCUT2D eigenvalue weighted by Gasteiger charge is -2.28. The Labute approximate surface area is 97.8 Å². The van der Waals surface area contributed by atoms with Crippen molar-refractivity contribution in [3.63, 3.8) is 0 Å². The molecule has 1 aromatic rings. The van der Waals surface area contributed by atoms with Crippen molar-refractivity contribution >= 4 is 19.7 Å². The molecule has 1 aromatic heterocycles. The van der Waals surface area contributed by atoms with E-state index in [4.69, 9.17) is 4.43 Å². The predicted octanol–water partition coefficient (Wildman–Crippen LogP) is 4.08. The zero-order valence-corrected chi connectivity index (χ0v) is 12.1. The molecule has 0 aliphatic rings. The van der Waals surface area contributed by atoms with Crippen LogP contribution >= 0.6 is 11.3 Å². The van der Waals surface area contributed by atoms with E-state index >= 15 is 0 Å². The SMILES string of the molecule is CC(C)C[Si](C)(C)OC(C)c1cscn1. The van der Waals surface area contributed by atoms with Crippen LogP contribution in [0.3, 0.4) is 0 Å². The van der Waals surface area contributed by atoms with E-state index in [-0.39, 0.29) is 6.10 Å². The highest BCUT2D eigenvalue weighted by Gasteiger charge is 2.27. The molecular weight excluding hydrogens is 222 g/mol. The molecule has 0 fully saturated rings. The highest BCUT2D eigenvalue weighted by atomic mass is 32.1. The molecule has 0 spiro atoms. The summed E-state index contributed by atoms with van der Waals surface area (Å²) in [4.78, 5) is 4.30. The van der Waals surface area contributed by atoms with Crippen molar-refractivity contribution in [1.29, 1.82) is 0 Å². The van der Waals surface area contributed by atoms with Gasteiger partial charge in [0.05, 0.1) is 17.3 Å². The molecular formula is C11H21NOSSi. The summed E-state index contributed by atoms with van der Waals surface area (Å²) in [5.74, 6) is 0.717. The lowest BCUT2D eigenvalue weighted by Crippen LogP contribution is -2.33. The summed E-state index contributed by atoms with van der Waals surface area (Å²) in [6.07, 6.45) is 0.150. The highest BCUT2D eigenvalue weighted by molar-refractivity contribution is 7.07. The van der Waals surface area contributed by atoms with Crippen molar-refractivity contribution in [1.82, 2.24) is 4.98 Å². The Bertz CT molecular complexity index is 285. The molecule has 0 saturated heterocycles. The second-order valence-corrected chi connectivity index (χ2v) is 9.91. The highest BCUT2D eigenvalue weighted by Crippen LogP contribution is 2.26. The number of hydrogen-bond donors (Lipinski definition) is 0. The summed E-state index contributed by atoms with van der Waals surface area (Å²) in [5, 5.41) is 2.07. The minimum atomic E-state index is -1.52. The summed E-state index contributed by atoms with van der Waals surface area (Å²) in [5.41, 5.74) is 2.94. The second-order valence-electron chi connectivity index (χ2n) is 5.03. The van der Waals surface area contributed by atoms with E-state index in [0.717, 1.165) is 5.69 Å². The van der Waals surface area contributed by atoms with E-state index in [0.29, 0.717) is 5.92 Å². The molecule has 1 heterocycles. The summed E-state index contributed by atoms with van der Waals surface area (Å²) >= 11 is 1.63. The quantitative estimate of drug-likeness (QED) is 0.727. The monoisotopic (exact) mass is 243 g/mol. The molecule has 0 bridgehead atoms. The van der Waals surface area contributed by atoms with Gasteiger partial charge in [-0.25, -0.2) is 4.98 Å². The van der Waals surface area contributed by atoms with Gasteiger partial charge in [-0.05, 0) is 32.0 Å². The van der Waals surface area contributed by atoms with Gasteiger partial charge in [0.25, 0.3) is 0 Å². The minimum Gasteiger partial charge on any atom is -0.409 e. The fraction of sp³-hybridized carbons (Fsp3) is 0.727. The maximum atomic E-state index is 6.18. The van der Waals surface area contributed by atoms with E-state index < -0.39 is 8.32 Å². The molecule has 1 rings (SSSR count). The third-order valence-electron chi connectivity index (χ3n) is 2.26. The molecule has 0 aromatic carbocycles. The van der Waals surface area contributed by atoms with Crippen LogP contribution in [-0.4, -0.2) is 13.3 Å². The fourth-order valence-electron chi connectivity index (χ4n) is 1.99. The van der Waals surface area contributed by atoms with Gasteiger partial charge < -0.3 is 4.43 Å². The molecule has 1 unspecified atom stereocenters. The van der Waals surface area contributed by atoms with Crippen molar-refractivity contribution in [2.45, 2.75) is 46.0 Å². The zero-order chi connectivity index (χ0) is 11.5. The summed E-state index contributed by atoms with van der Waals surface area (Å²) < 4.78 is 6.18. The van der Waals surface area contributed by atoms with Crippen LogP contribution in [-0.2, 0) is 4.43 Å². The molecule has 0 amide bonds. The van der Waals surface area contributed by atoms with Gasteiger partial charge >= 0.3 is 0 Å². The number of hydrogen-bond acceptors (Lipinski definition) is 3. The van der Waals surface area contributed by atoms with Crippen molar-refractivity contribution in [2.75, 3.05) is 0 Å². The largest absolute Gasteiger partial charge is 0.409 e. The standard InChI is InChI=1S/C11H21NOSSi/c1-9(2)7-15(4,5)13-10(3)11-6-14-8-12-11/h6,8-10H,7H2,1-5H3. The topological polar surface area (TPSA) is 22.1 Å². The Balaban J connectivity index is 2.53. The van der Waals surface area contributed by atoms with Gasteiger partial charge in [-0.2, -0.15) is 0 Å². The van der Waals surface area contributed by atoms with Crippen LogP contribution in [0.1, 0.15) is 32.6 Å². The van der Waals surface area contributed by atoms with Gasteiger partial charge in [-0.1, -0.05) is 13.8 Å². The summed E-state index contributed by atoms with van der Waals surface area (Å²) in [6.45, 7) is 11.2. The molecule has 0 aliphatic heterocycles. The molecule has 4 heteroatoms. The zero-order valence-electron chi connectivity index (χ0n) is 10.3. The minimum absolute atomic E-state index is 0.150. The van der Waals surface area contributed by atoms with Crippen LogP contribution in [0.2, 0.25) is 19.1 Å². The molecule has 86 valence electrons. The normalized spacial score (nSPS) is 14.5. The van der Waals surface area contributed by atoms with Gasteiger partial charge in [0.2, 0.25) is 0 Å². The molecule has 1 atom stereocenters. The van der Waals surface area contributed by atoms with E-state index in [1.165, 1.54) is 6.04 Å². The van der Waals surface area contributed by atoms with Crippen LogP contribution in [0.25, 0.3) is 0 Å². The van der Waals surface area contributed by atoms with E-state index in [1.807, 2.05) is 5.51 Å². The molecule has 0 radical (unpaired) electrons. The summed E-state index contributed by atoms with van der Waals surface area (Å²) in [7, 11) is -1.52. The van der Waals surface area contributed by atoms with Gasteiger partial charge in [0.1, 0.15) is 0 Å². The van der Waals surface area contributed by atoms with Crippen molar-refractivity contribution in [3.05, 3.63) is 16.6 Å².